The highest BCUT2D eigenvalue weighted by molar-refractivity contribution is 8.04. The smallest absolute Gasteiger partial charge is 0.219 e. The second-order valence-electron chi connectivity index (χ2n) is 7.45. The molecule has 0 radical (unpaired) electrons. The van der Waals surface area contributed by atoms with Crippen LogP contribution < -0.4 is 5.32 Å². The van der Waals surface area contributed by atoms with Crippen molar-refractivity contribution in [3.05, 3.63) is 105 Å². The topological polar surface area (TPSA) is 70.0 Å². The van der Waals surface area contributed by atoms with Crippen LogP contribution in [0.2, 0.25) is 0 Å². The Morgan fingerprint density at radius 2 is 1.66 bits per heavy atom. The molecule has 0 aliphatic carbocycles. The molecular weight excluding hydrogens is 436 g/mol. The third-order valence-electron chi connectivity index (χ3n) is 5.11. The molecule has 6 heteroatoms. The molecule has 0 bridgehead atoms. The number of benzene rings is 3. The van der Waals surface area contributed by atoms with Crippen LogP contribution in [0.1, 0.15) is 29.2 Å². The molecule has 0 aliphatic rings. The van der Waals surface area contributed by atoms with Crippen molar-refractivity contribution in [1.29, 1.82) is 5.26 Å². The average molecular weight is 463 g/mol. The number of nitriles is 1. The third-order valence-corrected chi connectivity index (χ3v) is 8.04. The lowest BCUT2D eigenvalue weighted by Crippen LogP contribution is -2.11. The summed E-state index contributed by atoms with van der Waals surface area (Å²) in [6, 6.07) is 24.1. The third kappa shape index (κ3) is 5.42. The standard InChI is InChI=1S/C26H26N2O2S2/c1-4-22-10-8-9-20(3)25(22)28-26(31-18-21-15-13-19(2)14-16-21)24(17-27)32(29,30)23-11-6-5-7-12-23/h5-16,28H,4,18H2,1-3H3/b26-24+. The van der Waals surface area contributed by atoms with Crippen LogP contribution in [0, 0.1) is 25.2 Å². The van der Waals surface area contributed by atoms with Crippen molar-refractivity contribution in [3.63, 3.8) is 0 Å². The maximum absolute atomic E-state index is 13.4. The van der Waals surface area contributed by atoms with Gasteiger partial charge in [-0.25, -0.2) is 8.42 Å². The van der Waals surface area contributed by atoms with E-state index < -0.39 is 9.84 Å². The molecule has 0 fully saturated rings. The van der Waals surface area contributed by atoms with E-state index >= 15 is 0 Å². The number of rotatable bonds is 8. The highest BCUT2D eigenvalue weighted by Gasteiger charge is 2.26. The molecule has 0 aliphatic heterocycles. The van der Waals surface area contributed by atoms with Gasteiger partial charge in [-0.05, 0) is 49.1 Å². The first-order chi connectivity index (χ1) is 15.4. The van der Waals surface area contributed by atoms with Gasteiger partial charge in [0.1, 0.15) is 11.1 Å². The van der Waals surface area contributed by atoms with Crippen molar-refractivity contribution < 1.29 is 8.42 Å². The summed E-state index contributed by atoms with van der Waals surface area (Å²) in [4.78, 5) is -0.168. The molecular formula is C26H26N2O2S2. The predicted molar refractivity (Wildman–Crippen MR) is 133 cm³/mol. The first kappa shape index (κ1) is 23.6. The van der Waals surface area contributed by atoms with Crippen LogP contribution in [-0.2, 0) is 22.0 Å². The second-order valence-corrected chi connectivity index (χ2v) is 10.3. The number of hydrogen-bond acceptors (Lipinski definition) is 5. The lowest BCUT2D eigenvalue weighted by atomic mass is 10.1. The lowest BCUT2D eigenvalue weighted by molar-refractivity contribution is 0.603. The SMILES string of the molecule is CCc1cccc(C)c1N/C(SCc1ccc(C)cc1)=C(/C#N)S(=O)(=O)c1ccccc1. The van der Waals surface area contributed by atoms with Crippen LogP contribution in [0.5, 0.6) is 0 Å². The van der Waals surface area contributed by atoms with E-state index in [-0.39, 0.29) is 9.80 Å². The predicted octanol–water partition coefficient (Wildman–Crippen LogP) is 6.38. The summed E-state index contributed by atoms with van der Waals surface area (Å²) in [7, 11) is -3.98. The number of allylic oxidation sites excluding steroid dienone is 1. The fraction of sp³-hybridized carbons (Fsp3) is 0.192. The first-order valence-corrected chi connectivity index (χ1v) is 12.8. The number of hydrogen-bond donors (Lipinski definition) is 1. The van der Waals surface area contributed by atoms with E-state index in [9.17, 15) is 13.7 Å². The van der Waals surface area contributed by atoms with Gasteiger partial charge in [0.25, 0.3) is 0 Å². The summed E-state index contributed by atoms with van der Waals surface area (Å²) in [5, 5.41) is 13.6. The van der Waals surface area contributed by atoms with Crippen molar-refractivity contribution in [2.75, 3.05) is 5.32 Å². The largest absolute Gasteiger partial charge is 0.348 e. The van der Waals surface area contributed by atoms with Gasteiger partial charge in [-0.2, -0.15) is 5.26 Å². The van der Waals surface area contributed by atoms with Crippen LogP contribution in [0.15, 0.2) is 87.6 Å². The second kappa shape index (κ2) is 10.5. The number of nitrogens with one attached hydrogen (secondary N) is 1. The number of aryl methyl sites for hydroxylation is 3. The molecule has 0 amide bonds. The van der Waals surface area contributed by atoms with Gasteiger partial charge < -0.3 is 5.32 Å². The van der Waals surface area contributed by atoms with Crippen molar-refractivity contribution >= 4 is 27.3 Å². The molecule has 0 unspecified atom stereocenters. The molecule has 32 heavy (non-hydrogen) atoms. The number of anilines is 1. The van der Waals surface area contributed by atoms with Crippen molar-refractivity contribution in [2.24, 2.45) is 0 Å². The van der Waals surface area contributed by atoms with Gasteiger partial charge in [0.15, 0.2) is 4.91 Å². The fourth-order valence-electron chi connectivity index (χ4n) is 3.26. The van der Waals surface area contributed by atoms with Crippen molar-refractivity contribution in [2.45, 2.75) is 37.8 Å². The van der Waals surface area contributed by atoms with E-state index in [4.69, 9.17) is 0 Å². The van der Waals surface area contributed by atoms with Crippen LogP contribution in [0.25, 0.3) is 0 Å². The van der Waals surface area contributed by atoms with E-state index in [2.05, 4.69) is 12.2 Å². The van der Waals surface area contributed by atoms with E-state index in [0.717, 1.165) is 34.4 Å². The monoisotopic (exact) mass is 462 g/mol. The molecule has 3 aromatic carbocycles. The Morgan fingerprint density at radius 3 is 2.28 bits per heavy atom. The Balaban J connectivity index is 2.10. The number of nitrogens with zero attached hydrogens (tertiary/aromatic N) is 1. The maximum atomic E-state index is 13.4. The zero-order valence-corrected chi connectivity index (χ0v) is 20.1. The number of sulfone groups is 1. The molecule has 0 heterocycles. The minimum Gasteiger partial charge on any atom is -0.348 e. The lowest BCUT2D eigenvalue weighted by Gasteiger charge is -2.18. The van der Waals surface area contributed by atoms with Gasteiger partial charge in [0.2, 0.25) is 9.84 Å². The van der Waals surface area contributed by atoms with Gasteiger partial charge in [-0.1, -0.05) is 73.2 Å². The molecule has 0 spiro atoms. The molecule has 0 saturated heterocycles. The molecule has 3 rings (SSSR count). The van der Waals surface area contributed by atoms with Crippen LogP contribution in [-0.4, -0.2) is 8.42 Å². The summed E-state index contributed by atoms with van der Waals surface area (Å²) in [6.07, 6.45) is 0.785. The van der Waals surface area contributed by atoms with Gasteiger partial charge in [-0.3, -0.25) is 0 Å². The van der Waals surface area contributed by atoms with Crippen molar-refractivity contribution in [1.82, 2.24) is 0 Å². The molecule has 164 valence electrons. The van der Waals surface area contributed by atoms with Crippen LogP contribution >= 0.6 is 11.8 Å². The average Bonchev–Trinajstić information content (AvgIpc) is 2.80. The molecule has 3 aromatic rings. The Morgan fingerprint density at radius 1 is 0.969 bits per heavy atom. The highest BCUT2D eigenvalue weighted by atomic mass is 32.2. The Kier molecular flexibility index (Phi) is 7.79. The summed E-state index contributed by atoms with van der Waals surface area (Å²) in [5.74, 6) is 0.533. The van der Waals surface area contributed by atoms with Gasteiger partial charge in [0, 0.05) is 11.4 Å². The summed E-state index contributed by atoms with van der Waals surface area (Å²) in [5.41, 5.74) is 5.11. The quantitative estimate of drug-likeness (QED) is 0.394. The fourth-order valence-corrected chi connectivity index (χ4v) is 5.79. The number of para-hydroxylation sites is 1. The normalized spacial score (nSPS) is 12.1. The Bertz CT molecular complexity index is 1260. The van der Waals surface area contributed by atoms with Gasteiger partial charge in [-0.15, -0.1) is 11.8 Å². The van der Waals surface area contributed by atoms with Crippen molar-refractivity contribution in [3.8, 4) is 6.07 Å². The molecule has 0 atom stereocenters. The van der Waals surface area contributed by atoms with E-state index in [1.54, 1.807) is 18.2 Å². The van der Waals surface area contributed by atoms with Gasteiger partial charge in [0.05, 0.1) is 4.90 Å². The highest BCUT2D eigenvalue weighted by Crippen LogP contribution is 2.33. The Hall–Kier alpha value is -3.01. The summed E-state index contributed by atoms with van der Waals surface area (Å²) >= 11 is 1.32. The van der Waals surface area contributed by atoms with E-state index in [1.807, 2.05) is 62.4 Å². The van der Waals surface area contributed by atoms with E-state index in [1.165, 1.54) is 23.9 Å². The number of thioether (sulfide) groups is 1. The maximum Gasteiger partial charge on any atom is 0.219 e. The molecule has 0 saturated carbocycles. The molecule has 0 aromatic heterocycles. The minimum absolute atomic E-state index is 0.104. The van der Waals surface area contributed by atoms with Crippen LogP contribution in [0.3, 0.4) is 0 Å². The molecule has 1 N–H and O–H groups in total. The van der Waals surface area contributed by atoms with Gasteiger partial charge >= 0.3 is 0 Å². The van der Waals surface area contributed by atoms with E-state index in [0.29, 0.717) is 10.8 Å². The first-order valence-electron chi connectivity index (χ1n) is 10.3. The Labute approximate surface area is 194 Å². The summed E-state index contributed by atoms with van der Waals surface area (Å²) in [6.45, 7) is 6.05. The zero-order chi connectivity index (χ0) is 23.1. The minimum atomic E-state index is -3.98. The molecule has 4 nitrogen and oxygen atoms in total. The van der Waals surface area contributed by atoms with Crippen LogP contribution in [0.4, 0.5) is 5.69 Å². The zero-order valence-electron chi connectivity index (χ0n) is 18.4. The summed E-state index contributed by atoms with van der Waals surface area (Å²) < 4.78 is 26.7.